The fourth-order valence-corrected chi connectivity index (χ4v) is 4.33. The lowest BCUT2D eigenvalue weighted by Gasteiger charge is -2.52. The second-order valence-corrected chi connectivity index (χ2v) is 5.95. The first kappa shape index (κ1) is 9.69. The molecule has 3 aliphatic rings. The van der Waals surface area contributed by atoms with Gasteiger partial charge in [-0.1, -0.05) is 43.6 Å². The van der Waals surface area contributed by atoms with Crippen molar-refractivity contribution in [2.75, 3.05) is 0 Å². The average molecular weight is 202 g/mol. The highest BCUT2D eigenvalue weighted by Crippen LogP contribution is 2.56. The minimum Gasteiger partial charge on any atom is -0.0839 e. The van der Waals surface area contributed by atoms with Crippen LogP contribution < -0.4 is 0 Å². The van der Waals surface area contributed by atoms with E-state index >= 15 is 0 Å². The molecule has 3 rings (SSSR count). The first-order valence-electron chi connectivity index (χ1n) is 6.66. The normalized spacial score (nSPS) is 44.2. The van der Waals surface area contributed by atoms with Crippen molar-refractivity contribution in [3.05, 3.63) is 23.8 Å². The van der Waals surface area contributed by atoms with Crippen LogP contribution in [-0.2, 0) is 0 Å². The van der Waals surface area contributed by atoms with Gasteiger partial charge in [0.05, 0.1) is 0 Å². The minimum absolute atomic E-state index is 0.646. The molecule has 2 fully saturated rings. The Bertz CT molecular complexity index is 310. The van der Waals surface area contributed by atoms with Crippen LogP contribution in [0.3, 0.4) is 0 Å². The van der Waals surface area contributed by atoms with Crippen LogP contribution >= 0.6 is 0 Å². The number of hydrogen-bond acceptors (Lipinski definition) is 0. The predicted octanol–water partition coefficient (Wildman–Crippen LogP) is 4.48. The molecule has 0 heterocycles. The van der Waals surface area contributed by atoms with Gasteiger partial charge in [0.1, 0.15) is 0 Å². The third-order valence-electron chi connectivity index (χ3n) is 5.29. The van der Waals surface area contributed by atoms with Gasteiger partial charge in [-0.3, -0.25) is 0 Å². The zero-order valence-electron chi connectivity index (χ0n) is 9.84. The Kier molecular flexibility index (Phi) is 2.26. The summed E-state index contributed by atoms with van der Waals surface area (Å²) in [5.41, 5.74) is 2.41. The van der Waals surface area contributed by atoms with Crippen LogP contribution in [0.4, 0.5) is 0 Å². The fourth-order valence-electron chi connectivity index (χ4n) is 4.33. The van der Waals surface area contributed by atoms with E-state index in [1.54, 1.807) is 5.57 Å². The Hall–Kier alpha value is -0.520. The van der Waals surface area contributed by atoms with Gasteiger partial charge in [-0.05, 0) is 49.4 Å². The van der Waals surface area contributed by atoms with Crippen LogP contribution in [0.2, 0.25) is 0 Å². The highest BCUT2D eigenvalue weighted by molar-refractivity contribution is 5.26. The Morgan fingerprint density at radius 3 is 3.13 bits per heavy atom. The molecular weight excluding hydrogens is 180 g/mol. The molecule has 0 spiro atoms. The molecule has 0 bridgehead atoms. The van der Waals surface area contributed by atoms with Crippen LogP contribution in [0.5, 0.6) is 0 Å². The lowest BCUT2D eigenvalue weighted by molar-refractivity contribution is 0.0327. The molecule has 0 unspecified atom stereocenters. The van der Waals surface area contributed by atoms with Crippen LogP contribution in [0.1, 0.15) is 51.9 Å². The maximum Gasteiger partial charge on any atom is -0.0109 e. The van der Waals surface area contributed by atoms with Gasteiger partial charge in [-0.2, -0.15) is 0 Å². The van der Waals surface area contributed by atoms with E-state index in [4.69, 9.17) is 0 Å². The van der Waals surface area contributed by atoms with Gasteiger partial charge in [-0.15, -0.1) is 0 Å². The summed E-state index contributed by atoms with van der Waals surface area (Å²) < 4.78 is 0. The van der Waals surface area contributed by atoms with Crippen molar-refractivity contribution in [1.29, 1.82) is 0 Å². The molecule has 0 radical (unpaired) electrons. The number of hydrogen-bond donors (Lipinski definition) is 0. The van der Waals surface area contributed by atoms with Crippen molar-refractivity contribution >= 4 is 0 Å². The van der Waals surface area contributed by atoms with E-state index in [9.17, 15) is 0 Å². The van der Waals surface area contributed by atoms with Gasteiger partial charge < -0.3 is 0 Å². The van der Waals surface area contributed by atoms with Gasteiger partial charge in [-0.25, -0.2) is 0 Å². The molecule has 15 heavy (non-hydrogen) atoms. The smallest absolute Gasteiger partial charge is 0.0109 e. The van der Waals surface area contributed by atoms with Crippen molar-refractivity contribution in [3.63, 3.8) is 0 Å². The molecule has 2 saturated carbocycles. The largest absolute Gasteiger partial charge is 0.0839 e. The summed E-state index contributed by atoms with van der Waals surface area (Å²) in [7, 11) is 0. The van der Waals surface area contributed by atoms with E-state index < -0.39 is 0 Å². The molecule has 0 amide bonds. The zero-order valence-corrected chi connectivity index (χ0v) is 9.84. The van der Waals surface area contributed by atoms with Crippen molar-refractivity contribution in [1.82, 2.24) is 0 Å². The molecule has 82 valence electrons. The molecule has 3 atom stereocenters. The third kappa shape index (κ3) is 1.41. The van der Waals surface area contributed by atoms with Gasteiger partial charge in [0.25, 0.3) is 0 Å². The fraction of sp³-hybridized carbons (Fsp3) is 0.733. The van der Waals surface area contributed by atoms with Gasteiger partial charge in [0, 0.05) is 0 Å². The molecule has 0 saturated heterocycles. The topological polar surface area (TPSA) is 0 Å². The van der Waals surface area contributed by atoms with E-state index in [-0.39, 0.29) is 0 Å². The molecule has 0 N–H and O–H groups in total. The second-order valence-electron chi connectivity index (χ2n) is 5.95. The molecule has 0 nitrogen and oxygen atoms in total. The Labute approximate surface area is 93.5 Å². The van der Waals surface area contributed by atoms with E-state index in [2.05, 4.69) is 25.2 Å². The third-order valence-corrected chi connectivity index (χ3v) is 5.29. The predicted molar refractivity (Wildman–Crippen MR) is 64.6 cm³/mol. The van der Waals surface area contributed by atoms with Crippen LogP contribution in [0.15, 0.2) is 23.8 Å². The van der Waals surface area contributed by atoms with Crippen LogP contribution in [-0.4, -0.2) is 0 Å². The van der Waals surface area contributed by atoms with E-state index in [1.165, 1.54) is 44.9 Å². The molecule has 3 aliphatic carbocycles. The van der Waals surface area contributed by atoms with Gasteiger partial charge in [0.15, 0.2) is 0 Å². The standard InChI is InChI=1S/C15H22/c1-15-11-5-4-7-13(15)10-9-12-6-2-3-8-14(12)15/h2-3,6,13-14H,4-5,7-11H2,1H3/t13-,14+,15+/m0/s1. The monoisotopic (exact) mass is 202 g/mol. The summed E-state index contributed by atoms with van der Waals surface area (Å²) in [5, 5.41) is 0. The number of allylic oxidation sites excluding steroid dienone is 4. The summed E-state index contributed by atoms with van der Waals surface area (Å²) >= 11 is 0. The Balaban J connectivity index is 1.93. The van der Waals surface area contributed by atoms with E-state index in [0.29, 0.717) is 5.41 Å². The highest BCUT2D eigenvalue weighted by atomic mass is 14.5. The first-order valence-corrected chi connectivity index (χ1v) is 6.66. The molecule has 0 heteroatoms. The summed E-state index contributed by atoms with van der Waals surface area (Å²) in [6.07, 6.45) is 17.2. The van der Waals surface area contributed by atoms with E-state index in [1.807, 2.05) is 0 Å². The number of fused-ring (bicyclic) bond motifs is 3. The average Bonchev–Trinajstić information content (AvgIpc) is 2.29. The van der Waals surface area contributed by atoms with Gasteiger partial charge >= 0.3 is 0 Å². The first-order chi connectivity index (χ1) is 7.31. The summed E-state index contributed by atoms with van der Waals surface area (Å²) in [6, 6.07) is 0. The maximum atomic E-state index is 2.58. The Morgan fingerprint density at radius 1 is 1.27 bits per heavy atom. The van der Waals surface area contributed by atoms with Crippen molar-refractivity contribution in [2.24, 2.45) is 17.3 Å². The Morgan fingerprint density at radius 2 is 2.20 bits per heavy atom. The van der Waals surface area contributed by atoms with Crippen LogP contribution in [0.25, 0.3) is 0 Å². The van der Waals surface area contributed by atoms with Crippen molar-refractivity contribution < 1.29 is 0 Å². The van der Waals surface area contributed by atoms with Crippen molar-refractivity contribution in [3.8, 4) is 0 Å². The zero-order chi connectivity index (χ0) is 10.3. The molecule has 0 aromatic heterocycles. The SMILES string of the molecule is C[C@@]12CCCC[C@H]1CCC1=CC=CC[C@H]12. The second kappa shape index (κ2) is 3.50. The molecule has 0 aromatic rings. The molecule has 0 aromatic carbocycles. The summed E-state index contributed by atoms with van der Waals surface area (Å²) in [5.74, 6) is 1.92. The van der Waals surface area contributed by atoms with Crippen LogP contribution in [0, 0.1) is 17.3 Å². The quantitative estimate of drug-likeness (QED) is 0.543. The minimum atomic E-state index is 0.646. The highest BCUT2D eigenvalue weighted by Gasteiger charge is 2.46. The summed E-state index contributed by atoms with van der Waals surface area (Å²) in [6.45, 7) is 2.58. The van der Waals surface area contributed by atoms with Crippen molar-refractivity contribution in [2.45, 2.75) is 51.9 Å². The lowest BCUT2D eigenvalue weighted by Crippen LogP contribution is -2.42. The maximum absolute atomic E-state index is 2.58. The number of rotatable bonds is 0. The lowest BCUT2D eigenvalue weighted by atomic mass is 9.53. The van der Waals surface area contributed by atoms with Gasteiger partial charge in [0.2, 0.25) is 0 Å². The molecular formula is C15H22. The molecule has 0 aliphatic heterocycles. The van der Waals surface area contributed by atoms with E-state index in [0.717, 1.165) is 11.8 Å². The summed E-state index contributed by atoms with van der Waals surface area (Å²) in [4.78, 5) is 0.